The molecule has 6 nitrogen and oxygen atoms in total. The van der Waals surface area contributed by atoms with E-state index < -0.39 is 0 Å². The molecule has 0 unspecified atom stereocenters. The molecule has 3 heterocycles. The highest BCUT2D eigenvalue weighted by Gasteiger charge is 2.37. The van der Waals surface area contributed by atoms with E-state index in [9.17, 15) is 9.59 Å². The van der Waals surface area contributed by atoms with Crippen LogP contribution in [-0.4, -0.2) is 84.5 Å². The molecule has 124 valence electrons. The molecule has 3 saturated heterocycles. The summed E-state index contributed by atoms with van der Waals surface area (Å²) in [6, 6.07) is 0.792. The van der Waals surface area contributed by atoms with Crippen molar-refractivity contribution in [2.24, 2.45) is 0 Å². The van der Waals surface area contributed by atoms with Gasteiger partial charge in [-0.05, 0) is 25.7 Å². The number of amides is 2. The number of morpholine rings is 1. The SMILES string of the molecule is CC(=O)N1CCC(N2CC[C@@H]3OCC(=O)N(C)[C@H]3CC2)CC1. The highest BCUT2D eigenvalue weighted by molar-refractivity contribution is 5.78. The highest BCUT2D eigenvalue weighted by atomic mass is 16.5. The van der Waals surface area contributed by atoms with E-state index in [0.717, 1.165) is 51.9 Å². The van der Waals surface area contributed by atoms with Crippen molar-refractivity contribution in [3.63, 3.8) is 0 Å². The summed E-state index contributed by atoms with van der Waals surface area (Å²) in [4.78, 5) is 29.6. The second-order valence-electron chi connectivity index (χ2n) is 6.77. The summed E-state index contributed by atoms with van der Waals surface area (Å²) in [7, 11) is 1.91. The van der Waals surface area contributed by atoms with Crippen molar-refractivity contribution in [3.05, 3.63) is 0 Å². The molecule has 3 rings (SSSR count). The predicted molar refractivity (Wildman–Crippen MR) is 82.4 cm³/mol. The third-order valence-corrected chi connectivity index (χ3v) is 5.58. The third-order valence-electron chi connectivity index (χ3n) is 5.58. The Morgan fingerprint density at radius 3 is 2.45 bits per heavy atom. The lowest BCUT2D eigenvalue weighted by Crippen LogP contribution is -2.52. The number of fused-ring (bicyclic) bond motifs is 1. The highest BCUT2D eigenvalue weighted by Crippen LogP contribution is 2.26. The van der Waals surface area contributed by atoms with Gasteiger partial charge in [0.05, 0.1) is 12.1 Å². The minimum absolute atomic E-state index is 0.101. The zero-order valence-corrected chi connectivity index (χ0v) is 13.7. The fourth-order valence-corrected chi connectivity index (χ4v) is 4.09. The number of rotatable bonds is 1. The van der Waals surface area contributed by atoms with Gasteiger partial charge in [0.2, 0.25) is 11.8 Å². The van der Waals surface area contributed by atoms with Crippen molar-refractivity contribution in [3.8, 4) is 0 Å². The van der Waals surface area contributed by atoms with Crippen molar-refractivity contribution >= 4 is 11.8 Å². The molecule has 0 saturated carbocycles. The lowest BCUT2D eigenvalue weighted by Gasteiger charge is -2.38. The largest absolute Gasteiger partial charge is 0.366 e. The third kappa shape index (κ3) is 3.13. The van der Waals surface area contributed by atoms with Crippen LogP contribution in [-0.2, 0) is 14.3 Å². The maximum Gasteiger partial charge on any atom is 0.248 e. The number of likely N-dealkylation sites (N-methyl/N-ethyl adjacent to an activating group) is 1. The summed E-state index contributed by atoms with van der Waals surface area (Å²) in [6.45, 7) is 5.69. The topological polar surface area (TPSA) is 53.1 Å². The van der Waals surface area contributed by atoms with Gasteiger partial charge in [-0.3, -0.25) is 9.59 Å². The smallest absolute Gasteiger partial charge is 0.248 e. The van der Waals surface area contributed by atoms with E-state index in [-0.39, 0.29) is 30.6 Å². The van der Waals surface area contributed by atoms with Crippen LogP contribution in [0.4, 0.5) is 0 Å². The first-order valence-electron chi connectivity index (χ1n) is 8.43. The number of carbonyl (C=O) groups is 2. The average molecular weight is 309 g/mol. The number of piperidine rings is 1. The summed E-state index contributed by atoms with van der Waals surface area (Å²) in [5, 5.41) is 0. The fraction of sp³-hybridized carbons (Fsp3) is 0.875. The first-order valence-corrected chi connectivity index (χ1v) is 8.43. The average Bonchev–Trinajstić information content (AvgIpc) is 2.74. The Bertz CT molecular complexity index is 434. The second-order valence-corrected chi connectivity index (χ2v) is 6.77. The van der Waals surface area contributed by atoms with E-state index in [2.05, 4.69) is 4.90 Å². The van der Waals surface area contributed by atoms with Gasteiger partial charge in [0.1, 0.15) is 6.61 Å². The summed E-state index contributed by atoms with van der Waals surface area (Å²) in [6.07, 6.45) is 4.29. The van der Waals surface area contributed by atoms with E-state index in [1.54, 1.807) is 6.92 Å². The van der Waals surface area contributed by atoms with Crippen molar-refractivity contribution in [2.45, 2.75) is 50.8 Å². The molecule has 0 aromatic heterocycles. The van der Waals surface area contributed by atoms with E-state index in [4.69, 9.17) is 4.74 Å². The summed E-state index contributed by atoms with van der Waals surface area (Å²) >= 11 is 0. The molecular formula is C16H27N3O3. The number of hydrogen-bond acceptors (Lipinski definition) is 4. The Morgan fingerprint density at radius 1 is 1.09 bits per heavy atom. The maximum absolute atomic E-state index is 11.8. The molecular weight excluding hydrogens is 282 g/mol. The molecule has 3 aliphatic rings. The van der Waals surface area contributed by atoms with Crippen LogP contribution in [0.15, 0.2) is 0 Å². The Morgan fingerprint density at radius 2 is 1.77 bits per heavy atom. The zero-order chi connectivity index (χ0) is 15.7. The van der Waals surface area contributed by atoms with Crippen LogP contribution < -0.4 is 0 Å². The molecule has 3 aliphatic heterocycles. The molecule has 0 aromatic rings. The van der Waals surface area contributed by atoms with Gasteiger partial charge in [0.15, 0.2) is 0 Å². The number of carbonyl (C=O) groups excluding carboxylic acids is 2. The Balaban J connectivity index is 1.57. The molecule has 0 radical (unpaired) electrons. The lowest BCUT2D eigenvalue weighted by atomic mass is 10.0. The lowest BCUT2D eigenvalue weighted by molar-refractivity contribution is -0.154. The molecule has 6 heteroatoms. The quantitative estimate of drug-likeness (QED) is 0.700. The standard InChI is InChI=1S/C16H27N3O3/c1-12(20)18-7-3-13(4-8-18)19-9-5-14-15(6-10-19)22-11-16(21)17(14)2/h13-15H,3-11H2,1-2H3/t14-,15-/m0/s1. The van der Waals surface area contributed by atoms with Crippen LogP contribution in [0.1, 0.15) is 32.6 Å². The van der Waals surface area contributed by atoms with Crippen molar-refractivity contribution in [2.75, 3.05) is 39.8 Å². The van der Waals surface area contributed by atoms with E-state index in [1.807, 2.05) is 16.8 Å². The van der Waals surface area contributed by atoms with Crippen LogP contribution in [0.2, 0.25) is 0 Å². The monoisotopic (exact) mass is 309 g/mol. The molecule has 3 fully saturated rings. The molecule has 0 spiro atoms. The first-order chi connectivity index (χ1) is 10.6. The Hall–Kier alpha value is -1.14. The van der Waals surface area contributed by atoms with Gasteiger partial charge in [0, 0.05) is 46.2 Å². The predicted octanol–water partition coefficient (Wildman–Crippen LogP) is 0.319. The van der Waals surface area contributed by atoms with Gasteiger partial charge in [-0.25, -0.2) is 0 Å². The second kappa shape index (κ2) is 6.54. The van der Waals surface area contributed by atoms with Crippen molar-refractivity contribution in [1.82, 2.24) is 14.7 Å². The number of ether oxygens (including phenoxy) is 1. The zero-order valence-electron chi connectivity index (χ0n) is 13.7. The van der Waals surface area contributed by atoms with Gasteiger partial charge >= 0.3 is 0 Å². The van der Waals surface area contributed by atoms with Gasteiger partial charge in [-0.1, -0.05) is 0 Å². The van der Waals surface area contributed by atoms with E-state index in [1.165, 1.54) is 0 Å². The maximum atomic E-state index is 11.8. The number of likely N-dealkylation sites (tertiary alicyclic amines) is 2. The first kappa shape index (κ1) is 15.7. The van der Waals surface area contributed by atoms with Crippen molar-refractivity contribution < 1.29 is 14.3 Å². The molecule has 0 bridgehead atoms. The van der Waals surface area contributed by atoms with Gasteiger partial charge in [-0.2, -0.15) is 0 Å². The van der Waals surface area contributed by atoms with Gasteiger partial charge < -0.3 is 19.4 Å². The Labute approximate surface area is 132 Å². The van der Waals surface area contributed by atoms with Crippen LogP contribution in [0, 0.1) is 0 Å². The normalized spacial score (nSPS) is 31.8. The van der Waals surface area contributed by atoms with Gasteiger partial charge in [0.25, 0.3) is 0 Å². The van der Waals surface area contributed by atoms with Crippen LogP contribution in [0.25, 0.3) is 0 Å². The molecule has 0 aromatic carbocycles. The molecule has 2 amide bonds. The minimum atomic E-state index is 0.101. The summed E-state index contributed by atoms with van der Waals surface area (Å²) in [5.74, 6) is 0.290. The molecule has 2 atom stereocenters. The Kier molecular flexibility index (Phi) is 4.68. The molecule has 0 aliphatic carbocycles. The fourth-order valence-electron chi connectivity index (χ4n) is 4.09. The number of hydrogen-bond donors (Lipinski definition) is 0. The minimum Gasteiger partial charge on any atom is -0.366 e. The summed E-state index contributed by atoms with van der Waals surface area (Å²) in [5.41, 5.74) is 0. The van der Waals surface area contributed by atoms with Gasteiger partial charge in [-0.15, -0.1) is 0 Å². The molecule has 22 heavy (non-hydrogen) atoms. The number of nitrogens with zero attached hydrogens (tertiary/aromatic N) is 3. The van der Waals surface area contributed by atoms with Crippen molar-refractivity contribution in [1.29, 1.82) is 0 Å². The van der Waals surface area contributed by atoms with Crippen LogP contribution in [0.3, 0.4) is 0 Å². The van der Waals surface area contributed by atoms with E-state index in [0.29, 0.717) is 6.04 Å². The summed E-state index contributed by atoms with van der Waals surface area (Å²) < 4.78 is 5.76. The van der Waals surface area contributed by atoms with Crippen LogP contribution >= 0.6 is 0 Å². The van der Waals surface area contributed by atoms with Crippen LogP contribution in [0.5, 0.6) is 0 Å². The van der Waals surface area contributed by atoms with E-state index >= 15 is 0 Å². The molecule has 0 N–H and O–H groups in total.